The van der Waals surface area contributed by atoms with E-state index < -0.39 is 4.92 Å². The Hall–Kier alpha value is -1.97. The first-order valence-electron chi connectivity index (χ1n) is 4.90. The molecule has 8 heteroatoms. The van der Waals surface area contributed by atoms with Gasteiger partial charge in [0, 0.05) is 12.4 Å². The molecule has 0 aromatic carbocycles. The van der Waals surface area contributed by atoms with Crippen LogP contribution in [0.25, 0.3) is 17.2 Å². The molecule has 0 N–H and O–H groups in total. The SMILES string of the molecule is O=[N+]([O-])c1ccc(-c2nc3ncccn3c2I)o1. The zero-order valence-electron chi connectivity index (χ0n) is 8.78. The molecule has 18 heavy (non-hydrogen) atoms. The maximum Gasteiger partial charge on any atom is 0.433 e. The summed E-state index contributed by atoms with van der Waals surface area (Å²) in [6.07, 6.45) is 3.45. The van der Waals surface area contributed by atoms with Crippen LogP contribution >= 0.6 is 22.6 Å². The second-order valence-corrected chi connectivity index (χ2v) is 4.46. The van der Waals surface area contributed by atoms with Crippen molar-refractivity contribution in [1.82, 2.24) is 14.4 Å². The van der Waals surface area contributed by atoms with Crippen molar-refractivity contribution in [3.05, 3.63) is 44.4 Å². The molecule has 7 nitrogen and oxygen atoms in total. The second-order valence-electron chi connectivity index (χ2n) is 3.44. The molecule has 0 amide bonds. The number of imidazole rings is 1. The quantitative estimate of drug-likeness (QED) is 0.400. The first-order chi connectivity index (χ1) is 8.66. The van der Waals surface area contributed by atoms with Gasteiger partial charge in [-0.1, -0.05) is 0 Å². The summed E-state index contributed by atoms with van der Waals surface area (Å²) < 4.78 is 7.71. The largest absolute Gasteiger partial charge is 0.433 e. The van der Waals surface area contributed by atoms with Gasteiger partial charge in [0.1, 0.15) is 14.3 Å². The molecule has 0 bridgehead atoms. The van der Waals surface area contributed by atoms with Crippen LogP contribution in [0.5, 0.6) is 0 Å². The van der Waals surface area contributed by atoms with Crippen LogP contribution in [0.3, 0.4) is 0 Å². The smallest absolute Gasteiger partial charge is 0.399 e. The number of fused-ring (bicyclic) bond motifs is 1. The number of aromatic nitrogens is 3. The molecule has 0 fully saturated rings. The fourth-order valence-electron chi connectivity index (χ4n) is 1.57. The van der Waals surface area contributed by atoms with E-state index in [1.54, 1.807) is 16.7 Å². The molecule has 90 valence electrons. The van der Waals surface area contributed by atoms with Crippen LogP contribution in [0.1, 0.15) is 0 Å². The average Bonchev–Trinajstić information content (AvgIpc) is 2.95. The minimum Gasteiger partial charge on any atom is -0.399 e. The number of hydrogen-bond acceptors (Lipinski definition) is 5. The van der Waals surface area contributed by atoms with Crippen molar-refractivity contribution < 1.29 is 9.34 Å². The molecule has 0 saturated heterocycles. The van der Waals surface area contributed by atoms with Crippen LogP contribution in [0.4, 0.5) is 5.88 Å². The average molecular weight is 356 g/mol. The Kier molecular flexibility index (Phi) is 2.51. The number of rotatable bonds is 2. The summed E-state index contributed by atoms with van der Waals surface area (Å²) in [6.45, 7) is 0. The highest BCUT2D eigenvalue weighted by Gasteiger charge is 2.19. The van der Waals surface area contributed by atoms with Crippen LogP contribution in [0.15, 0.2) is 35.0 Å². The molecule has 0 atom stereocenters. The summed E-state index contributed by atoms with van der Waals surface area (Å²) in [5.41, 5.74) is 0.544. The van der Waals surface area contributed by atoms with Gasteiger partial charge < -0.3 is 4.42 Å². The first kappa shape index (κ1) is 11.1. The number of nitrogens with zero attached hydrogens (tertiary/aromatic N) is 4. The highest BCUT2D eigenvalue weighted by Crippen LogP contribution is 2.29. The lowest BCUT2D eigenvalue weighted by Crippen LogP contribution is -1.87. The third-order valence-corrected chi connectivity index (χ3v) is 3.38. The first-order valence-corrected chi connectivity index (χ1v) is 5.98. The number of furan rings is 1. The minimum atomic E-state index is -0.579. The van der Waals surface area contributed by atoms with E-state index >= 15 is 0 Å². The van der Waals surface area contributed by atoms with E-state index in [1.807, 2.05) is 6.20 Å². The highest BCUT2D eigenvalue weighted by atomic mass is 127. The van der Waals surface area contributed by atoms with Gasteiger partial charge in [0.05, 0.1) is 6.07 Å². The third-order valence-electron chi connectivity index (χ3n) is 2.35. The van der Waals surface area contributed by atoms with E-state index in [2.05, 4.69) is 32.6 Å². The van der Waals surface area contributed by atoms with E-state index in [1.165, 1.54) is 12.1 Å². The number of halogens is 1. The van der Waals surface area contributed by atoms with Gasteiger partial charge in [0.25, 0.3) is 0 Å². The summed E-state index contributed by atoms with van der Waals surface area (Å²) in [7, 11) is 0. The molecule has 0 aliphatic rings. The summed E-state index contributed by atoms with van der Waals surface area (Å²) in [5.74, 6) is 0.582. The third kappa shape index (κ3) is 1.65. The Morgan fingerprint density at radius 3 is 2.94 bits per heavy atom. The Labute approximate surface area is 114 Å². The molecule has 0 aliphatic heterocycles. The van der Waals surface area contributed by atoms with Gasteiger partial charge in [-0.2, -0.15) is 0 Å². The van der Waals surface area contributed by atoms with Crippen molar-refractivity contribution in [3.8, 4) is 11.5 Å². The lowest BCUT2D eigenvalue weighted by Gasteiger charge is -1.92. The molecule has 3 aromatic rings. The fourth-order valence-corrected chi connectivity index (χ4v) is 2.33. The van der Waals surface area contributed by atoms with Gasteiger partial charge in [0.2, 0.25) is 5.78 Å². The topological polar surface area (TPSA) is 86.5 Å². The van der Waals surface area contributed by atoms with E-state index in [9.17, 15) is 10.1 Å². The Morgan fingerprint density at radius 1 is 1.44 bits per heavy atom. The van der Waals surface area contributed by atoms with Crippen molar-refractivity contribution in [2.45, 2.75) is 0 Å². The summed E-state index contributed by atoms with van der Waals surface area (Å²) >= 11 is 2.09. The molecule has 0 unspecified atom stereocenters. The van der Waals surface area contributed by atoms with Gasteiger partial charge >= 0.3 is 5.88 Å². The lowest BCUT2D eigenvalue weighted by atomic mass is 10.3. The van der Waals surface area contributed by atoms with Crippen molar-refractivity contribution in [3.63, 3.8) is 0 Å². The normalized spacial score (nSPS) is 10.9. The Morgan fingerprint density at radius 2 is 2.28 bits per heavy atom. The van der Waals surface area contributed by atoms with E-state index in [4.69, 9.17) is 4.42 Å². The van der Waals surface area contributed by atoms with Crippen LogP contribution in [-0.4, -0.2) is 19.3 Å². The monoisotopic (exact) mass is 356 g/mol. The van der Waals surface area contributed by atoms with Crippen LogP contribution in [0, 0.1) is 13.8 Å². The standard InChI is InChI=1S/C10H5IN4O3/c11-9-8(6-2-3-7(18-6)15(16)17)13-10-12-4-1-5-14(9)10/h1-5H. The summed E-state index contributed by atoms with van der Waals surface area (Å²) in [4.78, 5) is 18.4. The van der Waals surface area contributed by atoms with Gasteiger partial charge in [-0.25, -0.2) is 9.97 Å². The molecule has 0 aliphatic carbocycles. The molecule has 0 spiro atoms. The Bertz CT molecular complexity index is 749. The zero-order valence-corrected chi connectivity index (χ0v) is 10.9. The zero-order chi connectivity index (χ0) is 12.7. The molecular weight excluding hydrogens is 351 g/mol. The fraction of sp³-hybridized carbons (Fsp3) is 0. The summed E-state index contributed by atoms with van der Waals surface area (Å²) in [5, 5.41) is 10.6. The maximum absolute atomic E-state index is 10.6. The predicted octanol–water partition coefficient (Wildman–Crippen LogP) is 2.50. The van der Waals surface area contributed by atoms with Crippen molar-refractivity contribution in [2.75, 3.05) is 0 Å². The van der Waals surface area contributed by atoms with E-state index in [-0.39, 0.29) is 5.88 Å². The van der Waals surface area contributed by atoms with Crippen molar-refractivity contribution in [1.29, 1.82) is 0 Å². The van der Waals surface area contributed by atoms with Crippen LogP contribution < -0.4 is 0 Å². The van der Waals surface area contributed by atoms with E-state index in [0.717, 1.165) is 3.70 Å². The molecule has 0 saturated carbocycles. The van der Waals surface area contributed by atoms with Crippen LogP contribution in [0.2, 0.25) is 0 Å². The maximum atomic E-state index is 10.6. The van der Waals surface area contributed by atoms with Gasteiger partial charge in [-0.3, -0.25) is 14.5 Å². The number of nitro groups is 1. The molecule has 3 aromatic heterocycles. The Balaban J connectivity index is 2.18. The van der Waals surface area contributed by atoms with Gasteiger partial charge in [-0.15, -0.1) is 0 Å². The van der Waals surface area contributed by atoms with E-state index in [0.29, 0.717) is 17.2 Å². The van der Waals surface area contributed by atoms with Gasteiger partial charge in [-0.05, 0) is 34.7 Å². The predicted molar refractivity (Wildman–Crippen MR) is 70.1 cm³/mol. The molecule has 3 rings (SSSR count). The molecular formula is C10H5IN4O3. The van der Waals surface area contributed by atoms with Crippen LogP contribution in [-0.2, 0) is 0 Å². The van der Waals surface area contributed by atoms with Crippen molar-refractivity contribution >= 4 is 34.3 Å². The second kappa shape index (κ2) is 4.05. The lowest BCUT2D eigenvalue weighted by molar-refractivity contribution is -0.401. The van der Waals surface area contributed by atoms with Gasteiger partial charge in [0.15, 0.2) is 5.76 Å². The summed E-state index contributed by atoms with van der Waals surface area (Å²) in [6, 6.07) is 4.62. The number of hydrogen-bond donors (Lipinski definition) is 0. The molecule has 0 radical (unpaired) electrons. The molecule has 3 heterocycles. The minimum absolute atomic E-state index is 0.300. The van der Waals surface area contributed by atoms with Crippen molar-refractivity contribution in [2.24, 2.45) is 0 Å². The highest BCUT2D eigenvalue weighted by molar-refractivity contribution is 14.1.